The zero-order valence-electron chi connectivity index (χ0n) is 19.0. The molecule has 182 valence electrons. The van der Waals surface area contributed by atoms with E-state index in [1.54, 1.807) is 31.4 Å². The molecule has 0 radical (unpaired) electrons. The van der Waals surface area contributed by atoms with Crippen molar-refractivity contribution in [1.29, 1.82) is 0 Å². The second-order valence-corrected chi connectivity index (χ2v) is 12.9. The molecule has 0 atom stereocenters. The van der Waals surface area contributed by atoms with Crippen LogP contribution >= 0.6 is 19.8 Å². The van der Waals surface area contributed by atoms with Gasteiger partial charge >= 0.3 is 174 Å². The minimum atomic E-state index is -2.29. The van der Waals surface area contributed by atoms with Crippen LogP contribution < -0.4 is 4.74 Å². The average molecular weight is 593 g/mol. The van der Waals surface area contributed by atoms with E-state index in [0.717, 1.165) is 9.13 Å². The van der Waals surface area contributed by atoms with Crippen molar-refractivity contribution in [3.8, 4) is 5.75 Å². The molecular weight excluding hydrogens is 571 g/mol. The zero-order chi connectivity index (χ0) is 25.1. The van der Waals surface area contributed by atoms with Gasteiger partial charge in [0.05, 0.1) is 0 Å². The van der Waals surface area contributed by atoms with Gasteiger partial charge in [0.15, 0.2) is 0 Å². The number of rotatable bonds is 7. The van der Waals surface area contributed by atoms with Crippen LogP contribution in [-0.2, 0) is 20.8 Å². The molecule has 0 bridgehead atoms. The molecule has 35 heavy (non-hydrogen) atoms. The normalized spacial score (nSPS) is 13.7. The van der Waals surface area contributed by atoms with Crippen molar-refractivity contribution >= 4 is 37.6 Å². The fourth-order valence-electron chi connectivity index (χ4n) is 3.64. The van der Waals surface area contributed by atoms with Crippen LogP contribution in [0.3, 0.4) is 0 Å². The monoisotopic (exact) mass is 593 g/mol. The number of carbonyl (C=O) groups excluding carboxylic acids is 3. The molecule has 0 N–H and O–H groups in total. The topological polar surface area (TPSA) is 72.9 Å². The third kappa shape index (κ3) is 5.50. The summed E-state index contributed by atoms with van der Waals surface area (Å²) >= 11 is -2.29. The molecule has 0 aromatic heterocycles. The number of halogens is 3. The van der Waals surface area contributed by atoms with Crippen molar-refractivity contribution in [1.82, 2.24) is 5.06 Å². The van der Waals surface area contributed by atoms with Crippen molar-refractivity contribution in [2.45, 2.75) is 19.3 Å². The minimum absolute atomic E-state index is 0.0125. The van der Waals surface area contributed by atoms with Crippen molar-refractivity contribution < 1.29 is 32.7 Å². The molecule has 4 rings (SSSR count). The summed E-state index contributed by atoms with van der Waals surface area (Å²) in [5.74, 6) is -2.40. The summed E-state index contributed by atoms with van der Waals surface area (Å²) < 4.78 is 36.2. The third-order valence-corrected chi connectivity index (χ3v) is 10.7. The van der Waals surface area contributed by atoms with Crippen LogP contribution in [0, 0.1) is 18.8 Å². The Bertz CT molecular complexity index is 1240. The van der Waals surface area contributed by atoms with Crippen LogP contribution in [0.1, 0.15) is 34.3 Å². The second kappa shape index (κ2) is 10.5. The third-order valence-electron chi connectivity index (χ3n) is 5.48. The number of imide groups is 1. The molecule has 1 saturated heterocycles. The van der Waals surface area contributed by atoms with E-state index in [9.17, 15) is 23.2 Å². The maximum absolute atomic E-state index is 15.0. The maximum atomic E-state index is 15.0. The Hall–Kier alpha value is -3.34. The molecule has 6 nitrogen and oxygen atoms in total. The van der Waals surface area contributed by atoms with Crippen molar-refractivity contribution in [2.75, 3.05) is 12.0 Å². The number of methoxy groups -OCH3 is 1. The number of benzene rings is 3. The van der Waals surface area contributed by atoms with Gasteiger partial charge in [0.25, 0.3) is 11.8 Å². The Morgan fingerprint density at radius 2 is 1.49 bits per heavy atom. The van der Waals surface area contributed by atoms with Gasteiger partial charge in [-0.1, -0.05) is 0 Å². The van der Waals surface area contributed by atoms with Crippen molar-refractivity contribution in [3.05, 3.63) is 96.1 Å². The molecule has 3 aromatic carbocycles. The summed E-state index contributed by atoms with van der Waals surface area (Å²) in [7, 11) is 1.56. The molecule has 0 unspecified atom stereocenters. The summed E-state index contributed by atoms with van der Waals surface area (Å²) in [5.41, 5.74) is 1.34. The molecule has 1 aliphatic rings. The molecule has 3 aromatic rings. The SMILES string of the molecule is COc1ccc(I(C)c2c(F)cc(Cc3ccc(C(=O)ON4C(=O)CCC4=O)cc3)cc2F)cc1. The summed E-state index contributed by atoms with van der Waals surface area (Å²) in [5, 5.41) is 0.486. The molecule has 0 saturated carbocycles. The van der Waals surface area contributed by atoms with E-state index in [0.29, 0.717) is 16.4 Å². The number of hydrogen-bond donors (Lipinski definition) is 0. The quantitative estimate of drug-likeness (QED) is 0.168. The number of carbonyl (C=O) groups is 3. The standard InChI is InChI=1S/C26H22F2INO5/c1-29(19-7-9-20(34-2)10-8-19)25-21(27)14-17(15-22(25)28)13-16-3-5-18(6-4-16)26(33)35-30-23(31)11-12-24(30)32/h3-10,14-15H,11-13H2,1-2H3. The molecule has 9 heteroatoms. The number of hydrogen-bond acceptors (Lipinski definition) is 5. The molecule has 0 aliphatic carbocycles. The van der Waals surface area contributed by atoms with Gasteiger partial charge in [0, 0.05) is 12.8 Å². The number of amides is 2. The van der Waals surface area contributed by atoms with Crippen LogP contribution in [0.5, 0.6) is 5.75 Å². The van der Waals surface area contributed by atoms with E-state index in [1.165, 1.54) is 24.3 Å². The van der Waals surface area contributed by atoms with Gasteiger partial charge in [0.2, 0.25) is 0 Å². The van der Waals surface area contributed by atoms with Gasteiger partial charge in [-0.2, -0.15) is 0 Å². The molecule has 1 fully saturated rings. The number of ether oxygens (including phenoxy) is 1. The zero-order valence-corrected chi connectivity index (χ0v) is 21.2. The molecule has 1 heterocycles. The molecular formula is C26H22F2INO5. The fourth-order valence-corrected chi connectivity index (χ4v) is 7.56. The Balaban J connectivity index is 1.46. The van der Waals surface area contributed by atoms with Crippen LogP contribution in [0.2, 0.25) is 0 Å². The predicted octanol–water partition coefficient (Wildman–Crippen LogP) is 4.96. The molecule has 1 aliphatic heterocycles. The van der Waals surface area contributed by atoms with Gasteiger partial charge in [-0.15, -0.1) is 0 Å². The van der Waals surface area contributed by atoms with Crippen LogP contribution in [0.4, 0.5) is 8.78 Å². The Morgan fingerprint density at radius 1 is 0.914 bits per heavy atom. The van der Waals surface area contributed by atoms with Gasteiger partial charge in [-0.05, 0) is 0 Å². The van der Waals surface area contributed by atoms with Gasteiger partial charge in [-0.25, -0.2) is 0 Å². The number of hydroxylamine groups is 2. The molecule has 2 amide bonds. The van der Waals surface area contributed by atoms with E-state index in [2.05, 4.69) is 0 Å². The molecule has 0 spiro atoms. The first-order valence-electron chi connectivity index (χ1n) is 10.7. The Kier molecular flexibility index (Phi) is 7.44. The Morgan fingerprint density at radius 3 is 2.03 bits per heavy atom. The van der Waals surface area contributed by atoms with Gasteiger partial charge in [0.1, 0.15) is 0 Å². The first kappa shape index (κ1) is 24.8. The Labute approximate surface area is 208 Å². The van der Waals surface area contributed by atoms with E-state index in [-0.39, 0.29) is 28.4 Å². The van der Waals surface area contributed by atoms with Crippen molar-refractivity contribution in [2.24, 2.45) is 0 Å². The second-order valence-electron chi connectivity index (χ2n) is 7.84. The summed E-state index contributed by atoms with van der Waals surface area (Å²) in [4.78, 5) is 42.2. The fraction of sp³-hybridized carbons (Fsp3) is 0.192. The van der Waals surface area contributed by atoms with Gasteiger partial charge < -0.3 is 0 Å². The first-order chi connectivity index (χ1) is 16.8. The van der Waals surface area contributed by atoms with E-state index in [1.807, 2.05) is 17.1 Å². The number of alkyl halides is 1. The summed E-state index contributed by atoms with van der Waals surface area (Å²) in [6, 6.07) is 16.2. The first-order valence-corrected chi connectivity index (χ1v) is 15.0. The van der Waals surface area contributed by atoms with E-state index < -0.39 is 49.2 Å². The van der Waals surface area contributed by atoms with Crippen LogP contribution in [-0.4, -0.2) is 34.9 Å². The number of nitrogens with zero attached hydrogens (tertiary/aromatic N) is 1. The van der Waals surface area contributed by atoms with Crippen LogP contribution in [0.25, 0.3) is 0 Å². The summed E-state index contributed by atoms with van der Waals surface area (Å²) in [6.45, 7) is 0. The van der Waals surface area contributed by atoms with Crippen LogP contribution in [0.15, 0.2) is 60.7 Å². The summed E-state index contributed by atoms with van der Waals surface area (Å²) in [6.07, 6.45) is 0.282. The van der Waals surface area contributed by atoms with Crippen molar-refractivity contribution in [3.63, 3.8) is 0 Å². The van der Waals surface area contributed by atoms with Gasteiger partial charge in [-0.3, -0.25) is 9.59 Å². The van der Waals surface area contributed by atoms with E-state index in [4.69, 9.17) is 9.57 Å². The average Bonchev–Trinajstić information content (AvgIpc) is 3.16. The van der Waals surface area contributed by atoms with E-state index >= 15 is 0 Å². The predicted molar refractivity (Wildman–Crippen MR) is 132 cm³/mol.